The van der Waals surface area contributed by atoms with Crippen LogP contribution >= 0.6 is 11.6 Å². The quantitative estimate of drug-likeness (QED) is 0.791. The molecule has 0 amide bonds. The van der Waals surface area contributed by atoms with Gasteiger partial charge in [0, 0.05) is 22.8 Å². The average molecular weight is 298 g/mol. The molecule has 0 saturated carbocycles. The second kappa shape index (κ2) is 6.12. The van der Waals surface area contributed by atoms with Gasteiger partial charge in [-0.2, -0.15) is 0 Å². The molecule has 0 spiro atoms. The van der Waals surface area contributed by atoms with E-state index in [2.05, 4.69) is 39.1 Å². The Morgan fingerprint density at radius 1 is 1.14 bits per heavy atom. The van der Waals surface area contributed by atoms with E-state index in [4.69, 9.17) is 11.6 Å². The van der Waals surface area contributed by atoms with Crippen LogP contribution in [0.3, 0.4) is 0 Å². The third kappa shape index (κ3) is 2.84. The van der Waals surface area contributed by atoms with Crippen molar-refractivity contribution in [3.8, 4) is 16.9 Å². The topological polar surface area (TPSA) is 29.9 Å². The zero-order valence-electron chi connectivity index (χ0n) is 11.8. The molecule has 4 heteroatoms. The highest BCUT2D eigenvalue weighted by atomic mass is 35.5. The molecule has 3 rings (SSSR count). The van der Waals surface area contributed by atoms with E-state index in [-0.39, 0.29) is 0 Å². The summed E-state index contributed by atoms with van der Waals surface area (Å²) >= 11 is 6.31. The molecule has 0 fully saturated rings. The van der Waals surface area contributed by atoms with Crippen LogP contribution < -0.4 is 5.32 Å². The van der Waals surface area contributed by atoms with Crippen molar-refractivity contribution in [2.75, 3.05) is 7.05 Å². The number of nitrogens with one attached hydrogen (secondary N) is 1. The summed E-state index contributed by atoms with van der Waals surface area (Å²) in [4.78, 5) is 4.28. The molecule has 0 unspecified atom stereocenters. The predicted octanol–water partition coefficient (Wildman–Crippen LogP) is 3.91. The van der Waals surface area contributed by atoms with Crippen molar-refractivity contribution in [3.05, 3.63) is 71.6 Å². The van der Waals surface area contributed by atoms with Gasteiger partial charge in [0.1, 0.15) is 0 Å². The molecule has 1 aromatic heterocycles. The van der Waals surface area contributed by atoms with Gasteiger partial charge in [-0.3, -0.25) is 4.57 Å². The maximum atomic E-state index is 6.31. The number of hydrogen-bond donors (Lipinski definition) is 1. The zero-order valence-corrected chi connectivity index (χ0v) is 12.5. The number of rotatable bonds is 4. The molecule has 21 heavy (non-hydrogen) atoms. The summed E-state index contributed by atoms with van der Waals surface area (Å²) in [5.41, 5.74) is 4.28. The van der Waals surface area contributed by atoms with Gasteiger partial charge in [0.25, 0.3) is 0 Å². The van der Waals surface area contributed by atoms with Crippen LogP contribution in [0.4, 0.5) is 0 Å². The van der Waals surface area contributed by atoms with Crippen molar-refractivity contribution in [1.82, 2.24) is 14.9 Å². The lowest BCUT2D eigenvalue weighted by Gasteiger charge is -2.11. The normalized spacial score (nSPS) is 10.8. The lowest BCUT2D eigenvalue weighted by molar-refractivity contribution is 0.816. The molecule has 0 aliphatic rings. The minimum Gasteiger partial charge on any atom is -0.316 e. The Morgan fingerprint density at radius 3 is 2.81 bits per heavy atom. The van der Waals surface area contributed by atoms with E-state index in [1.165, 1.54) is 5.56 Å². The van der Waals surface area contributed by atoms with Gasteiger partial charge in [-0.15, -0.1) is 0 Å². The number of imidazole rings is 1. The Labute approximate surface area is 129 Å². The average Bonchev–Trinajstić information content (AvgIpc) is 2.98. The predicted molar refractivity (Wildman–Crippen MR) is 86.8 cm³/mol. The molecular weight excluding hydrogens is 282 g/mol. The number of nitrogens with zero attached hydrogens (tertiary/aromatic N) is 2. The Bertz CT molecular complexity index is 749. The molecule has 1 N–H and O–H groups in total. The fraction of sp³-hybridized carbons (Fsp3) is 0.118. The van der Waals surface area contributed by atoms with Gasteiger partial charge >= 0.3 is 0 Å². The zero-order chi connectivity index (χ0) is 14.7. The van der Waals surface area contributed by atoms with E-state index in [9.17, 15) is 0 Å². The maximum Gasteiger partial charge on any atom is 0.0997 e. The van der Waals surface area contributed by atoms with E-state index < -0.39 is 0 Å². The van der Waals surface area contributed by atoms with Gasteiger partial charge in [-0.05, 0) is 30.8 Å². The van der Waals surface area contributed by atoms with Crippen LogP contribution in [0.2, 0.25) is 5.02 Å². The first-order valence-corrected chi connectivity index (χ1v) is 7.18. The van der Waals surface area contributed by atoms with Crippen LogP contribution in [-0.2, 0) is 6.54 Å². The van der Waals surface area contributed by atoms with Crippen LogP contribution in [0.5, 0.6) is 0 Å². The van der Waals surface area contributed by atoms with Gasteiger partial charge in [0.2, 0.25) is 0 Å². The minimum absolute atomic E-state index is 0.727. The number of aromatic nitrogens is 2. The van der Waals surface area contributed by atoms with Gasteiger partial charge in [0.05, 0.1) is 18.2 Å². The second-order valence-electron chi connectivity index (χ2n) is 4.83. The second-order valence-corrected chi connectivity index (χ2v) is 5.24. The number of halogens is 1. The Balaban J connectivity index is 2.07. The molecule has 1 heterocycles. The SMILES string of the molecule is CNCc1cccc(-n2cncc2-c2ccccc2Cl)c1. The van der Waals surface area contributed by atoms with Crippen LogP contribution in [0.1, 0.15) is 5.56 Å². The van der Waals surface area contributed by atoms with Gasteiger partial charge in [0.15, 0.2) is 0 Å². The van der Waals surface area contributed by atoms with E-state index >= 15 is 0 Å². The summed E-state index contributed by atoms with van der Waals surface area (Å²) in [5, 5.41) is 3.89. The number of benzene rings is 2. The van der Waals surface area contributed by atoms with Gasteiger partial charge in [-0.1, -0.05) is 41.9 Å². The third-order valence-electron chi connectivity index (χ3n) is 3.36. The maximum absolute atomic E-state index is 6.31. The van der Waals surface area contributed by atoms with Crippen LogP contribution in [0.25, 0.3) is 16.9 Å². The molecule has 2 aromatic carbocycles. The monoisotopic (exact) mass is 297 g/mol. The molecule has 0 aliphatic heterocycles. The van der Waals surface area contributed by atoms with Gasteiger partial charge < -0.3 is 5.32 Å². The lowest BCUT2D eigenvalue weighted by Crippen LogP contribution is -2.05. The smallest absolute Gasteiger partial charge is 0.0997 e. The Morgan fingerprint density at radius 2 is 2.00 bits per heavy atom. The molecular formula is C17H16ClN3. The van der Waals surface area contributed by atoms with Crippen LogP contribution in [0, 0.1) is 0 Å². The summed E-state index contributed by atoms with van der Waals surface area (Å²) in [7, 11) is 1.94. The van der Waals surface area contributed by atoms with Crippen molar-refractivity contribution in [3.63, 3.8) is 0 Å². The summed E-state index contributed by atoms with van der Waals surface area (Å²) in [6, 6.07) is 16.2. The fourth-order valence-electron chi connectivity index (χ4n) is 2.39. The lowest BCUT2D eigenvalue weighted by atomic mass is 10.1. The fourth-order valence-corrected chi connectivity index (χ4v) is 2.62. The first kappa shape index (κ1) is 13.9. The van der Waals surface area contributed by atoms with Crippen molar-refractivity contribution < 1.29 is 0 Å². The molecule has 0 aliphatic carbocycles. The van der Waals surface area contributed by atoms with Crippen molar-refractivity contribution in [2.24, 2.45) is 0 Å². The summed E-state index contributed by atoms with van der Waals surface area (Å²) < 4.78 is 2.06. The van der Waals surface area contributed by atoms with E-state index in [1.807, 2.05) is 43.8 Å². The Hall–Kier alpha value is -2.10. The molecule has 0 bridgehead atoms. The molecule has 0 saturated heterocycles. The number of hydrogen-bond acceptors (Lipinski definition) is 2. The van der Waals surface area contributed by atoms with E-state index in [0.29, 0.717) is 0 Å². The van der Waals surface area contributed by atoms with E-state index in [1.54, 1.807) is 0 Å². The standard InChI is InChI=1S/C17H16ClN3/c1-19-10-13-5-4-6-14(9-13)21-12-20-11-17(21)15-7-2-3-8-16(15)18/h2-9,11-12,19H,10H2,1H3. The molecule has 106 valence electrons. The highest BCUT2D eigenvalue weighted by Crippen LogP contribution is 2.29. The molecule has 3 aromatic rings. The van der Waals surface area contributed by atoms with Crippen LogP contribution in [0.15, 0.2) is 61.1 Å². The van der Waals surface area contributed by atoms with E-state index in [0.717, 1.165) is 28.5 Å². The van der Waals surface area contributed by atoms with Crippen molar-refractivity contribution in [1.29, 1.82) is 0 Å². The van der Waals surface area contributed by atoms with Crippen molar-refractivity contribution in [2.45, 2.75) is 6.54 Å². The van der Waals surface area contributed by atoms with Gasteiger partial charge in [-0.25, -0.2) is 4.98 Å². The highest BCUT2D eigenvalue weighted by molar-refractivity contribution is 6.33. The molecule has 0 atom stereocenters. The van der Waals surface area contributed by atoms with Crippen molar-refractivity contribution >= 4 is 11.6 Å². The summed E-state index contributed by atoms with van der Waals surface area (Å²) in [6.45, 7) is 0.837. The highest BCUT2D eigenvalue weighted by Gasteiger charge is 2.10. The molecule has 3 nitrogen and oxygen atoms in total. The summed E-state index contributed by atoms with van der Waals surface area (Å²) in [5.74, 6) is 0. The summed E-state index contributed by atoms with van der Waals surface area (Å²) in [6.07, 6.45) is 3.66. The first-order chi connectivity index (χ1) is 10.3. The Kier molecular flexibility index (Phi) is 4.04. The largest absolute Gasteiger partial charge is 0.316 e. The molecule has 0 radical (unpaired) electrons. The van der Waals surface area contributed by atoms with Crippen LogP contribution in [-0.4, -0.2) is 16.6 Å². The first-order valence-electron chi connectivity index (χ1n) is 6.81. The third-order valence-corrected chi connectivity index (χ3v) is 3.69. The minimum atomic E-state index is 0.727.